The zero-order chi connectivity index (χ0) is 11.8. The number of aryl methyl sites for hydroxylation is 1. The molecule has 1 aliphatic rings. The van der Waals surface area contributed by atoms with Crippen molar-refractivity contribution in [1.82, 2.24) is 15.1 Å². The molecule has 0 atom stereocenters. The van der Waals surface area contributed by atoms with Crippen LogP contribution in [-0.4, -0.2) is 28.7 Å². The molecule has 0 bridgehead atoms. The molecule has 1 aromatic rings. The van der Waals surface area contributed by atoms with Gasteiger partial charge in [-0.25, -0.2) is 0 Å². The first-order valence-electron chi connectivity index (χ1n) is 5.48. The number of halogens is 1. The Bertz CT molecular complexity index is 388. The molecule has 0 saturated carbocycles. The number of hydrogen-bond acceptors (Lipinski definition) is 3. The van der Waals surface area contributed by atoms with E-state index in [0.29, 0.717) is 10.7 Å². The van der Waals surface area contributed by atoms with Gasteiger partial charge in [0.25, 0.3) is 0 Å². The zero-order valence-electron chi connectivity index (χ0n) is 9.59. The van der Waals surface area contributed by atoms with E-state index in [4.69, 9.17) is 11.6 Å². The molecule has 1 N–H and O–H groups in total. The van der Waals surface area contributed by atoms with Gasteiger partial charge in [0.15, 0.2) is 5.78 Å². The predicted octanol–water partition coefficient (Wildman–Crippen LogP) is 1.65. The standard InChI is InChI=1S/C11H16ClN3O/c1-11(3-5-13-6-4-11)10(16)9-8(12)7-14-15(9)2/h7,13H,3-6H2,1-2H3. The second-order valence-electron chi connectivity index (χ2n) is 4.60. The molecular formula is C11H16ClN3O. The van der Waals surface area contributed by atoms with Crippen LogP contribution in [0.25, 0.3) is 0 Å². The SMILES string of the molecule is Cn1ncc(Cl)c1C(=O)C1(C)CCNCC1. The minimum Gasteiger partial charge on any atom is -0.317 e. The van der Waals surface area contributed by atoms with Gasteiger partial charge < -0.3 is 5.32 Å². The monoisotopic (exact) mass is 241 g/mol. The van der Waals surface area contributed by atoms with E-state index < -0.39 is 0 Å². The van der Waals surface area contributed by atoms with Crippen molar-refractivity contribution in [1.29, 1.82) is 0 Å². The first-order chi connectivity index (χ1) is 7.54. The van der Waals surface area contributed by atoms with Gasteiger partial charge in [0.2, 0.25) is 0 Å². The van der Waals surface area contributed by atoms with E-state index >= 15 is 0 Å². The van der Waals surface area contributed by atoms with Gasteiger partial charge >= 0.3 is 0 Å². The van der Waals surface area contributed by atoms with Crippen molar-refractivity contribution < 1.29 is 4.79 Å². The highest BCUT2D eigenvalue weighted by molar-refractivity contribution is 6.33. The molecule has 2 heterocycles. The molecule has 1 fully saturated rings. The van der Waals surface area contributed by atoms with Gasteiger partial charge in [-0.05, 0) is 25.9 Å². The normalized spacial score (nSPS) is 19.7. The van der Waals surface area contributed by atoms with Gasteiger partial charge in [0, 0.05) is 12.5 Å². The van der Waals surface area contributed by atoms with Crippen LogP contribution in [0.3, 0.4) is 0 Å². The summed E-state index contributed by atoms with van der Waals surface area (Å²) in [5.41, 5.74) is 0.231. The van der Waals surface area contributed by atoms with Crippen molar-refractivity contribution in [3.63, 3.8) is 0 Å². The van der Waals surface area contributed by atoms with Crippen LogP contribution < -0.4 is 5.32 Å². The number of Topliss-reactive ketones (excluding diaryl/α,β-unsaturated/α-hetero) is 1. The topological polar surface area (TPSA) is 46.9 Å². The van der Waals surface area contributed by atoms with Crippen molar-refractivity contribution in [2.75, 3.05) is 13.1 Å². The Morgan fingerprint density at radius 3 is 2.69 bits per heavy atom. The van der Waals surface area contributed by atoms with Crippen molar-refractivity contribution >= 4 is 17.4 Å². The van der Waals surface area contributed by atoms with Gasteiger partial charge in [-0.2, -0.15) is 5.10 Å². The molecule has 1 aromatic heterocycles. The number of carbonyl (C=O) groups excluding carboxylic acids is 1. The lowest BCUT2D eigenvalue weighted by Crippen LogP contribution is -2.40. The highest BCUT2D eigenvalue weighted by atomic mass is 35.5. The van der Waals surface area contributed by atoms with Crippen molar-refractivity contribution in [3.8, 4) is 0 Å². The molecule has 2 rings (SSSR count). The molecule has 5 heteroatoms. The summed E-state index contributed by atoms with van der Waals surface area (Å²) in [5, 5.41) is 7.72. The Morgan fingerprint density at radius 2 is 2.19 bits per heavy atom. The van der Waals surface area contributed by atoms with E-state index in [2.05, 4.69) is 10.4 Å². The van der Waals surface area contributed by atoms with Gasteiger partial charge in [-0.3, -0.25) is 9.48 Å². The molecule has 4 nitrogen and oxygen atoms in total. The highest BCUT2D eigenvalue weighted by Gasteiger charge is 2.37. The quantitative estimate of drug-likeness (QED) is 0.801. The number of ketones is 1. The maximum atomic E-state index is 12.5. The molecule has 0 amide bonds. The smallest absolute Gasteiger partial charge is 0.188 e. The summed E-state index contributed by atoms with van der Waals surface area (Å²) in [6.45, 7) is 3.79. The number of rotatable bonds is 2. The highest BCUT2D eigenvalue weighted by Crippen LogP contribution is 2.33. The Balaban J connectivity index is 2.31. The minimum atomic E-state index is -0.303. The third kappa shape index (κ3) is 1.87. The molecule has 0 aliphatic carbocycles. The summed E-state index contributed by atoms with van der Waals surface area (Å²) in [4.78, 5) is 12.5. The molecule has 1 saturated heterocycles. The summed E-state index contributed by atoms with van der Waals surface area (Å²) in [5.74, 6) is 0.110. The van der Waals surface area contributed by atoms with E-state index in [1.54, 1.807) is 11.7 Å². The summed E-state index contributed by atoms with van der Waals surface area (Å²) in [6.07, 6.45) is 3.24. The fourth-order valence-electron chi connectivity index (χ4n) is 2.16. The number of hydrogen-bond donors (Lipinski definition) is 1. The lowest BCUT2D eigenvalue weighted by atomic mass is 9.76. The van der Waals surface area contributed by atoms with Crippen molar-refractivity contribution in [2.45, 2.75) is 19.8 Å². The Morgan fingerprint density at radius 1 is 1.56 bits per heavy atom. The number of nitrogens with one attached hydrogen (secondary N) is 1. The van der Waals surface area contributed by atoms with E-state index in [1.165, 1.54) is 6.20 Å². The molecule has 0 radical (unpaired) electrons. The molecule has 0 aromatic carbocycles. The van der Waals surface area contributed by atoms with Crippen LogP contribution in [-0.2, 0) is 7.05 Å². The van der Waals surface area contributed by atoms with Crippen LogP contribution in [0.1, 0.15) is 30.3 Å². The average molecular weight is 242 g/mol. The summed E-state index contributed by atoms with van der Waals surface area (Å²) >= 11 is 6.00. The molecule has 1 aliphatic heterocycles. The second-order valence-corrected chi connectivity index (χ2v) is 5.01. The lowest BCUT2D eigenvalue weighted by Gasteiger charge is -2.32. The number of aromatic nitrogens is 2. The van der Waals surface area contributed by atoms with Crippen LogP contribution in [0.2, 0.25) is 5.02 Å². The summed E-state index contributed by atoms with van der Waals surface area (Å²) in [7, 11) is 1.75. The molecule has 16 heavy (non-hydrogen) atoms. The number of carbonyl (C=O) groups is 1. The molecule has 0 unspecified atom stereocenters. The molecular weight excluding hydrogens is 226 g/mol. The van der Waals surface area contributed by atoms with E-state index in [0.717, 1.165) is 25.9 Å². The molecule has 88 valence electrons. The third-order valence-corrected chi connectivity index (χ3v) is 3.64. The van der Waals surface area contributed by atoms with Gasteiger partial charge in [-0.15, -0.1) is 0 Å². The van der Waals surface area contributed by atoms with Crippen LogP contribution in [0.4, 0.5) is 0 Å². The van der Waals surface area contributed by atoms with Gasteiger partial charge in [-0.1, -0.05) is 18.5 Å². The third-order valence-electron chi connectivity index (χ3n) is 3.36. The van der Waals surface area contributed by atoms with Crippen molar-refractivity contribution in [3.05, 3.63) is 16.9 Å². The van der Waals surface area contributed by atoms with Gasteiger partial charge in [0.05, 0.1) is 11.2 Å². The minimum absolute atomic E-state index is 0.110. The Labute approximate surface area is 100.0 Å². The summed E-state index contributed by atoms with van der Waals surface area (Å²) in [6, 6.07) is 0. The predicted molar refractivity (Wildman–Crippen MR) is 62.8 cm³/mol. The fraction of sp³-hybridized carbons (Fsp3) is 0.636. The Hall–Kier alpha value is -0.870. The van der Waals surface area contributed by atoms with Crippen LogP contribution >= 0.6 is 11.6 Å². The largest absolute Gasteiger partial charge is 0.317 e. The second kappa shape index (κ2) is 4.18. The number of nitrogens with zero attached hydrogens (tertiary/aromatic N) is 2. The maximum Gasteiger partial charge on any atom is 0.188 e. The summed E-state index contributed by atoms with van der Waals surface area (Å²) < 4.78 is 1.57. The van der Waals surface area contributed by atoms with E-state index in [-0.39, 0.29) is 11.2 Å². The zero-order valence-corrected chi connectivity index (χ0v) is 10.3. The first kappa shape index (κ1) is 11.6. The molecule has 0 spiro atoms. The van der Waals surface area contributed by atoms with E-state index in [9.17, 15) is 4.79 Å². The van der Waals surface area contributed by atoms with E-state index in [1.807, 2.05) is 6.92 Å². The van der Waals surface area contributed by atoms with Crippen molar-refractivity contribution in [2.24, 2.45) is 12.5 Å². The maximum absolute atomic E-state index is 12.5. The number of piperidine rings is 1. The first-order valence-corrected chi connectivity index (χ1v) is 5.85. The van der Waals surface area contributed by atoms with Crippen LogP contribution in [0.15, 0.2) is 6.20 Å². The lowest BCUT2D eigenvalue weighted by molar-refractivity contribution is 0.0752. The average Bonchev–Trinajstić information content (AvgIpc) is 2.59. The van der Waals surface area contributed by atoms with Crippen LogP contribution in [0, 0.1) is 5.41 Å². The Kier molecular flexibility index (Phi) is 3.04. The van der Waals surface area contributed by atoms with Crippen LogP contribution in [0.5, 0.6) is 0 Å². The fourth-order valence-corrected chi connectivity index (χ4v) is 2.41. The van der Waals surface area contributed by atoms with Gasteiger partial charge in [0.1, 0.15) is 5.69 Å².